The molecule has 0 aromatic heterocycles. The maximum atomic E-state index is 11.5. The summed E-state index contributed by atoms with van der Waals surface area (Å²) >= 11 is 0. The van der Waals surface area contributed by atoms with E-state index >= 15 is 0 Å². The van der Waals surface area contributed by atoms with Gasteiger partial charge < -0.3 is 9.47 Å². The molecule has 0 unspecified atom stereocenters. The highest BCUT2D eigenvalue weighted by Gasteiger charge is 2.36. The van der Waals surface area contributed by atoms with Gasteiger partial charge in [-0.1, -0.05) is 0 Å². The molecule has 16 heteroatoms. The lowest BCUT2D eigenvalue weighted by Gasteiger charge is -2.07. The summed E-state index contributed by atoms with van der Waals surface area (Å²) in [6.45, 7) is 0. The Morgan fingerprint density at radius 2 is 0.821 bits per heavy atom. The van der Waals surface area contributed by atoms with Gasteiger partial charge in [0, 0.05) is 0 Å². The third kappa shape index (κ3) is 21.6. The predicted octanol–water partition coefficient (Wildman–Crippen LogP) is 3.33. The molecule has 0 aromatic carbocycles. The molecular weight excluding hydrogens is 430 g/mol. The second-order valence-corrected chi connectivity index (χ2v) is 4.47. The van der Waals surface area contributed by atoms with Crippen molar-refractivity contribution in [2.45, 2.75) is 50.9 Å². The van der Waals surface area contributed by atoms with Crippen LogP contribution in [-0.4, -0.2) is 49.1 Å². The second-order valence-electron chi connectivity index (χ2n) is 4.47. The van der Waals surface area contributed by atoms with Crippen molar-refractivity contribution in [2.75, 3.05) is 0 Å². The summed E-state index contributed by atoms with van der Waals surface area (Å²) in [6.07, 6.45) is -22.5. The van der Waals surface area contributed by atoms with Crippen molar-refractivity contribution in [1.82, 2.24) is 0 Å². The fraction of sp³-hybridized carbons (Fsp3) is 0.667. The predicted molar refractivity (Wildman–Crippen MR) is 64.8 cm³/mol. The Balaban J connectivity index is 0. The first-order chi connectivity index (χ1) is 12.4. The molecule has 0 radical (unpaired) electrons. The Morgan fingerprint density at radius 3 is 1.04 bits per heavy atom. The first kappa shape index (κ1) is 27.8. The van der Waals surface area contributed by atoms with Crippen LogP contribution in [0, 0.1) is 0 Å². The van der Waals surface area contributed by atoms with Crippen LogP contribution in [-0.2, 0) is 28.7 Å². The fourth-order valence-electron chi connectivity index (χ4n) is 0.989. The Kier molecular flexibility index (Phi) is 12.0. The Morgan fingerprint density at radius 1 is 0.571 bits per heavy atom. The Labute approximate surface area is 148 Å². The van der Waals surface area contributed by atoms with E-state index in [1.54, 1.807) is 0 Å². The van der Waals surface area contributed by atoms with Crippen molar-refractivity contribution >= 4 is 23.9 Å². The molecule has 0 bridgehead atoms. The van der Waals surface area contributed by atoms with Gasteiger partial charge in [0.05, 0.1) is 0 Å². The Hall–Kier alpha value is -2.42. The summed E-state index contributed by atoms with van der Waals surface area (Å²) in [5, 5.41) is 0. The quantitative estimate of drug-likeness (QED) is 0.358. The van der Waals surface area contributed by atoms with E-state index in [9.17, 15) is 63.1 Å². The third-order valence-corrected chi connectivity index (χ3v) is 1.79. The zero-order chi connectivity index (χ0) is 22.7. The first-order valence-corrected chi connectivity index (χ1v) is 6.58. The molecule has 0 saturated heterocycles. The second kappa shape index (κ2) is 12.1. The van der Waals surface area contributed by atoms with Crippen LogP contribution in [0.25, 0.3) is 0 Å². The number of ether oxygens (including phenoxy) is 2. The van der Waals surface area contributed by atoms with Gasteiger partial charge in [0.1, 0.15) is 25.7 Å². The van der Waals surface area contributed by atoms with Gasteiger partial charge in [0.25, 0.3) is 0 Å². The largest absolute Gasteiger partial charge is 0.399 e. The van der Waals surface area contributed by atoms with E-state index in [4.69, 9.17) is 0 Å². The monoisotopic (exact) mass is 440 g/mol. The molecule has 6 nitrogen and oxygen atoms in total. The number of esters is 4. The van der Waals surface area contributed by atoms with Gasteiger partial charge in [-0.15, -0.1) is 0 Å². The van der Waals surface area contributed by atoms with E-state index in [0.717, 1.165) is 0 Å². The minimum Gasteiger partial charge on any atom is -0.393 e. The smallest absolute Gasteiger partial charge is 0.393 e. The van der Waals surface area contributed by atoms with Gasteiger partial charge in [-0.2, -0.15) is 26.3 Å². The van der Waals surface area contributed by atoms with Gasteiger partial charge in [0.15, 0.2) is 0 Å². The molecule has 0 N–H and O–H groups in total. The average Bonchev–Trinajstić information content (AvgIpc) is 2.30. The summed E-state index contributed by atoms with van der Waals surface area (Å²) in [7, 11) is 0. The molecule has 0 heterocycles. The molecule has 0 aromatic rings. The van der Waals surface area contributed by atoms with Crippen molar-refractivity contribution in [3.63, 3.8) is 0 Å². The zero-order valence-electron chi connectivity index (χ0n) is 13.2. The fourth-order valence-corrected chi connectivity index (χ4v) is 0.989. The topological polar surface area (TPSA) is 86.7 Å². The molecule has 164 valence electrons. The van der Waals surface area contributed by atoms with Crippen LogP contribution in [0.2, 0.25) is 0 Å². The Bertz CT molecular complexity index is 494. The lowest BCUT2D eigenvalue weighted by molar-refractivity contribution is -0.185. The summed E-state index contributed by atoms with van der Waals surface area (Å²) in [5.41, 5.74) is 0. The summed E-state index contributed by atoms with van der Waals surface area (Å²) < 4.78 is 121. The number of carbonyl (C=O) groups excluding carboxylic acids is 4. The lowest BCUT2D eigenvalue weighted by Crippen LogP contribution is -2.23. The van der Waals surface area contributed by atoms with Gasteiger partial charge in [0.2, 0.25) is 12.9 Å². The molecule has 0 fully saturated rings. The highest BCUT2D eigenvalue weighted by molar-refractivity contribution is 5.86. The minimum absolute atomic E-state index is 1.27. The van der Waals surface area contributed by atoms with Crippen LogP contribution < -0.4 is 0 Å². The minimum atomic E-state index is -4.92. The van der Waals surface area contributed by atoms with Gasteiger partial charge in [-0.25, -0.2) is 17.6 Å². The molecule has 0 aliphatic heterocycles. The van der Waals surface area contributed by atoms with Crippen molar-refractivity contribution < 1.29 is 72.6 Å². The number of hydrogen-bond donors (Lipinski definition) is 0. The number of halogens is 10. The number of rotatable bonds is 6. The normalized spacial score (nSPS) is 11.6. The van der Waals surface area contributed by atoms with E-state index < -0.39 is 74.8 Å². The highest BCUT2D eigenvalue weighted by Crippen LogP contribution is 2.22. The van der Waals surface area contributed by atoms with Gasteiger partial charge in [-0.05, 0) is 0 Å². The SMILES string of the molecule is O=C(CC(F)(F)F)OC(=O)CC(F)(F)F.O=C(CC(F)F)OC(=O)CC(F)F. The first-order valence-electron chi connectivity index (χ1n) is 6.58. The van der Waals surface area contributed by atoms with Crippen molar-refractivity contribution in [2.24, 2.45) is 0 Å². The van der Waals surface area contributed by atoms with E-state index in [1.807, 2.05) is 0 Å². The van der Waals surface area contributed by atoms with Crippen LogP contribution in [0.5, 0.6) is 0 Å². The maximum absolute atomic E-state index is 11.5. The third-order valence-electron chi connectivity index (χ3n) is 1.79. The lowest BCUT2D eigenvalue weighted by atomic mass is 10.4. The molecule has 0 atom stereocenters. The van der Waals surface area contributed by atoms with E-state index in [2.05, 4.69) is 9.47 Å². The van der Waals surface area contributed by atoms with E-state index in [-0.39, 0.29) is 0 Å². The maximum Gasteiger partial charge on any atom is 0.399 e. The van der Waals surface area contributed by atoms with Crippen LogP contribution in [0.15, 0.2) is 0 Å². The molecule has 0 aliphatic carbocycles. The summed E-state index contributed by atoms with van der Waals surface area (Å²) in [5.74, 6) is -7.12. The van der Waals surface area contributed by atoms with Crippen LogP contribution in [0.4, 0.5) is 43.9 Å². The van der Waals surface area contributed by atoms with Crippen molar-refractivity contribution in [3.8, 4) is 0 Å². The van der Waals surface area contributed by atoms with Crippen molar-refractivity contribution in [1.29, 1.82) is 0 Å². The average molecular weight is 440 g/mol. The van der Waals surface area contributed by atoms with E-state index in [0.29, 0.717) is 0 Å². The molecular formula is C12H10F10O6. The van der Waals surface area contributed by atoms with Crippen LogP contribution in [0.3, 0.4) is 0 Å². The highest BCUT2D eigenvalue weighted by atomic mass is 19.4. The molecule has 28 heavy (non-hydrogen) atoms. The van der Waals surface area contributed by atoms with Gasteiger partial charge >= 0.3 is 36.2 Å². The molecule has 0 spiro atoms. The summed E-state index contributed by atoms with van der Waals surface area (Å²) in [4.78, 5) is 41.0. The van der Waals surface area contributed by atoms with Crippen molar-refractivity contribution in [3.05, 3.63) is 0 Å². The van der Waals surface area contributed by atoms with E-state index in [1.165, 1.54) is 0 Å². The molecule has 0 aliphatic rings. The standard InChI is InChI=1S/C6H4F6O3.C6H6F4O3/c7-5(8,9)1-3(13)15-4(14)2-6(10,11)12;7-3(8)1-5(11)13-6(12)2-4(9)10/h1-2H2;3-4H,1-2H2. The zero-order valence-corrected chi connectivity index (χ0v) is 13.2. The molecule has 0 rings (SSSR count). The number of hydrogen-bond acceptors (Lipinski definition) is 6. The number of carbonyl (C=O) groups is 4. The molecule has 0 amide bonds. The van der Waals surface area contributed by atoms with Crippen LogP contribution >= 0.6 is 0 Å². The van der Waals surface area contributed by atoms with Crippen LogP contribution in [0.1, 0.15) is 25.7 Å². The van der Waals surface area contributed by atoms with Gasteiger partial charge in [-0.3, -0.25) is 19.2 Å². The molecule has 0 saturated carbocycles. The number of alkyl halides is 10. The summed E-state index contributed by atoms with van der Waals surface area (Å²) in [6, 6.07) is 0.